The lowest BCUT2D eigenvalue weighted by Gasteiger charge is -2.28. The molecule has 0 bridgehead atoms. The zero-order valence-electron chi connectivity index (χ0n) is 18.8. The number of ether oxygens (including phenoxy) is 1. The molecule has 0 aliphatic carbocycles. The van der Waals surface area contributed by atoms with Gasteiger partial charge in [-0.15, -0.1) is 0 Å². The molecule has 31 heavy (non-hydrogen) atoms. The van der Waals surface area contributed by atoms with Crippen molar-refractivity contribution in [3.05, 3.63) is 59.7 Å². The van der Waals surface area contributed by atoms with Gasteiger partial charge in [-0.3, -0.25) is 9.59 Å². The smallest absolute Gasteiger partial charge is 0.242 e. The number of nitrogens with zero attached hydrogens (tertiary/aromatic N) is 3. The lowest BCUT2D eigenvalue weighted by Crippen LogP contribution is -2.44. The van der Waals surface area contributed by atoms with Gasteiger partial charge in [-0.1, -0.05) is 25.5 Å². The molecule has 0 saturated carbocycles. The van der Waals surface area contributed by atoms with Crippen molar-refractivity contribution in [2.75, 3.05) is 33.4 Å². The van der Waals surface area contributed by atoms with Crippen LogP contribution in [0.15, 0.2) is 42.6 Å². The number of aryl methyl sites for hydroxylation is 1. The van der Waals surface area contributed by atoms with Crippen molar-refractivity contribution in [1.29, 1.82) is 0 Å². The number of carbonyl (C=O) groups is 2. The summed E-state index contributed by atoms with van der Waals surface area (Å²) >= 11 is 0. The summed E-state index contributed by atoms with van der Waals surface area (Å²) in [6.45, 7) is 4.23. The van der Waals surface area contributed by atoms with Crippen LogP contribution in [-0.4, -0.2) is 59.5 Å². The molecular formula is C24H34FN3O3. The number of aromatic nitrogens is 1. The predicted molar refractivity (Wildman–Crippen MR) is 119 cm³/mol. The van der Waals surface area contributed by atoms with E-state index in [1.54, 1.807) is 24.1 Å². The van der Waals surface area contributed by atoms with Gasteiger partial charge in [-0.05, 0) is 42.7 Å². The Balaban J connectivity index is 2.09. The average Bonchev–Trinajstić information content (AvgIpc) is 3.16. The fourth-order valence-corrected chi connectivity index (χ4v) is 3.34. The van der Waals surface area contributed by atoms with Crippen LogP contribution in [0.3, 0.4) is 0 Å². The molecule has 2 rings (SSSR count). The minimum absolute atomic E-state index is 0.0257. The number of amides is 2. The average molecular weight is 432 g/mol. The summed E-state index contributed by atoms with van der Waals surface area (Å²) in [5, 5.41) is 0. The molecule has 1 aromatic heterocycles. The molecule has 170 valence electrons. The topological polar surface area (TPSA) is 54.8 Å². The molecule has 0 radical (unpaired) electrons. The summed E-state index contributed by atoms with van der Waals surface area (Å²) in [4.78, 5) is 29.5. The van der Waals surface area contributed by atoms with Gasteiger partial charge in [0.15, 0.2) is 0 Å². The maximum atomic E-state index is 13.2. The predicted octanol–water partition coefficient (Wildman–Crippen LogP) is 3.40. The zero-order chi connectivity index (χ0) is 22.6. The van der Waals surface area contributed by atoms with Crippen LogP contribution in [0.25, 0.3) is 0 Å². The van der Waals surface area contributed by atoms with Crippen molar-refractivity contribution >= 4 is 11.8 Å². The van der Waals surface area contributed by atoms with Crippen LogP contribution in [0.4, 0.5) is 4.39 Å². The van der Waals surface area contributed by atoms with Gasteiger partial charge in [0.1, 0.15) is 5.82 Å². The Hall–Kier alpha value is -2.67. The molecule has 0 saturated heterocycles. The summed E-state index contributed by atoms with van der Waals surface area (Å²) in [7, 11) is 3.57. The Morgan fingerprint density at radius 2 is 1.74 bits per heavy atom. The Labute approximate surface area is 184 Å². The van der Waals surface area contributed by atoms with E-state index in [0.29, 0.717) is 32.7 Å². The van der Waals surface area contributed by atoms with Crippen LogP contribution in [0.1, 0.15) is 37.4 Å². The summed E-state index contributed by atoms with van der Waals surface area (Å²) in [5.74, 6) is -0.555. The van der Waals surface area contributed by atoms with E-state index in [9.17, 15) is 14.0 Å². The number of methoxy groups -OCH3 is 1. The third-order valence-electron chi connectivity index (χ3n) is 5.26. The highest BCUT2D eigenvalue weighted by Crippen LogP contribution is 2.10. The van der Waals surface area contributed by atoms with Crippen LogP contribution in [0.2, 0.25) is 0 Å². The van der Waals surface area contributed by atoms with E-state index in [2.05, 4.69) is 6.92 Å². The lowest BCUT2D eigenvalue weighted by molar-refractivity contribution is -0.140. The second-order valence-corrected chi connectivity index (χ2v) is 7.74. The monoisotopic (exact) mass is 431 g/mol. The number of unbranched alkanes of at least 4 members (excludes halogenated alkanes) is 1. The van der Waals surface area contributed by atoms with E-state index < -0.39 is 0 Å². The van der Waals surface area contributed by atoms with Crippen molar-refractivity contribution in [3.8, 4) is 0 Å². The minimum Gasteiger partial charge on any atom is -0.385 e. The summed E-state index contributed by atoms with van der Waals surface area (Å²) < 4.78 is 20.3. The minimum atomic E-state index is -0.337. The first-order valence-corrected chi connectivity index (χ1v) is 10.8. The number of hydrogen-bond acceptors (Lipinski definition) is 3. The van der Waals surface area contributed by atoms with E-state index in [0.717, 1.165) is 24.1 Å². The van der Waals surface area contributed by atoms with Gasteiger partial charge in [-0.25, -0.2) is 4.39 Å². The van der Waals surface area contributed by atoms with Crippen LogP contribution in [0.5, 0.6) is 0 Å². The van der Waals surface area contributed by atoms with Crippen molar-refractivity contribution in [1.82, 2.24) is 14.4 Å². The van der Waals surface area contributed by atoms with E-state index >= 15 is 0 Å². The van der Waals surface area contributed by atoms with Gasteiger partial charge in [0.25, 0.3) is 0 Å². The fraction of sp³-hybridized carbons (Fsp3) is 0.500. The number of rotatable bonds is 13. The largest absolute Gasteiger partial charge is 0.385 e. The number of carbonyl (C=O) groups excluding carboxylic acids is 2. The molecule has 2 aromatic rings. The second kappa shape index (κ2) is 12.9. The van der Waals surface area contributed by atoms with E-state index in [1.807, 2.05) is 34.8 Å². The molecular weight excluding hydrogens is 397 g/mol. The van der Waals surface area contributed by atoms with Gasteiger partial charge in [0.2, 0.25) is 11.8 Å². The molecule has 7 heteroatoms. The van der Waals surface area contributed by atoms with Gasteiger partial charge in [0.05, 0.1) is 19.5 Å². The Kier molecular flexibility index (Phi) is 10.2. The first-order valence-electron chi connectivity index (χ1n) is 10.8. The second-order valence-electron chi connectivity index (χ2n) is 7.74. The van der Waals surface area contributed by atoms with Crippen molar-refractivity contribution in [2.24, 2.45) is 7.05 Å². The molecule has 0 fully saturated rings. The van der Waals surface area contributed by atoms with Crippen LogP contribution < -0.4 is 0 Å². The molecule has 2 amide bonds. The highest BCUT2D eigenvalue weighted by Gasteiger charge is 2.22. The molecule has 1 heterocycles. The maximum absolute atomic E-state index is 13.2. The molecule has 6 nitrogen and oxygen atoms in total. The van der Waals surface area contributed by atoms with Gasteiger partial charge >= 0.3 is 0 Å². The van der Waals surface area contributed by atoms with Gasteiger partial charge in [-0.2, -0.15) is 0 Å². The molecule has 0 atom stereocenters. The van der Waals surface area contributed by atoms with Crippen molar-refractivity contribution < 1.29 is 18.7 Å². The summed E-state index contributed by atoms with van der Waals surface area (Å²) in [6.07, 6.45) is 4.63. The quantitative estimate of drug-likeness (QED) is 0.457. The van der Waals surface area contributed by atoms with Crippen molar-refractivity contribution in [3.63, 3.8) is 0 Å². The maximum Gasteiger partial charge on any atom is 0.242 e. The highest BCUT2D eigenvalue weighted by atomic mass is 19.1. The standard InChI is InChI=1S/C24H34FN3O3/c1-4-5-14-27(18-22-8-6-13-26(22)2)24(30)19-28(15-7-16-31-3)23(29)17-20-9-11-21(25)12-10-20/h6,8-13H,4-5,7,14-19H2,1-3H3. The normalized spacial score (nSPS) is 10.8. The fourth-order valence-electron chi connectivity index (χ4n) is 3.34. The first kappa shape index (κ1) is 24.6. The number of halogens is 1. The molecule has 0 aliphatic rings. The third kappa shape index (κ3) is 8.17. The first-order chi connectivity index (χ1) is 14.9. The number of benzene rings is 1. The van der Waals surface area contributed by atoms with Crippen molar-refractivity contribution in [2.45, 2.75) is 39.2 Å². The van der Waals surface area contributed by atoms with E-state index in [4.69, 9.17) is 4.74 Å². The van der Waals surface area contributed by atoms with E-state index in [1.165, 1.54) is 12.1 Å². The number of hydrogen-bond donors (Lipinski definition) is 0. The molecule has 0 unspecified atom stereocenters. The lowest BCUT2D eigenvalue weighted by atomic mass is 10.1. The Bertz CT molecular complexity index is 820. The summed E-state index contributed by atoms with van der Waals surface area (Å²) in [5.41, 5.74) is 1.77. The third-order valence-corrected chi connectivity index (χ3v) is 5.26. The Morgan fingerprint density at radius 3 is 2.35 bits per heavy atom. The highest BCUT2D eigenvalue weighted by molar-refractivity contribution is 5.86. The van der Waals surface area contributed by atoms with E-state index in [-0.39, 0.29) is 30.6 Å². The SMILES string of the molecule is CCCCN(Cc1cccn1C)C(=O)CN(CCCOC)C(=O)Cc1ccc(F)cc1. The Morgan fingerprint density at radius 1 is 1.03 bits per heavy atom. The van der Waals surface area contributed by atoms with Crippen LogP contribution in [-0.2, 0) is 34.3 Å². The van der Waals surface area contributed by atoms with Crippen LogP contribution >= 0.6 is 0 Å². The van der Waals surface area contributed by atoms with Gasteiger partial charge < -0.3 is 19.1 Å². The molecule has 0 N–H and O–H groups in total. The molecule has 0 aliphatic heterocycles. The zero-order valence-corrected chi connectivity index (χ0v) is 18.8. The van der Waals surface area contributed by atoms with Crippen LogP contribution in [0, 0.1) is 5.82 Å². The molecule has 1 aromatic carbocycles. The summed E-state index contributed by atoms with van der Waals surface area (Å²) in [6, 6.07) is 9.85. The molecule has 0 spiro atoms. The van der Waals surface area contributed by atoms with Gasteiger partial charge in [0, 0.05) is 45.7 Å².